The smallest absolute Gasteiger partial charge is 0.239 e. The summed E-state index contributed by atoms with van der Waals surface area (Å²) in [5.41, 5.74) is 1.96. The summed E-state index contributed by atoms with van der Waals surface area (Å²) in [6, 6.07) is 7.73. The van der Waals surface area contributed by atoms with Gasteiger partial charge in [-0.3, -0.25) is 9.59 Å². The number of hydrogen-bond acceptors (Lipinski definition) is 4. The quantitative estimate of drug-likeness (QED) is 0.787. The highest BCUT2D eigenvalue weighted by atomic mass is 16.5. The van der Waals surface area contributed by atoms with Crippen LogP contribution in [0.2, 0.25) is 0 Å². The fourth-order valence-electron chi connectivity index (χ4n) is 3.50. The number of aliphatic hydroxyl groups excluding tert-OH is 1. The number of ether oxygens (including phenoxy) is 1. The Morgan fingerprint density at radius 2 is 1.96 bits per heavy atom. The average Bonchev–Trinajstić information content (AvgIpc) is 3.02. The summed E-state index contributed by atoms with van der Waals surface area (Å²) in [6.07, 6.45) is 1.53. The van der Waals surface area contributed by atoms with Gasteiger partial charge in [0.15, 0.2) is 0 Å². The minimum absolute atomic E-state index is 0.150. The van der Waals surface area contributed by atoms with E-state index in [1.165, 1.54) is 0 Å². The number of anilines is 1. The average molecular weight is 346 g/mol. The lowest BCUT2D eigenvalue weighted by Gasteiger charge is -2.27. The number of benzene rings is 1. The second-order valence-electron chi connectivity index (χ2n) is 6.93. The van der Waals surface area contributed by atoms with E-state index in [1.54, 1.807) is 4.90 Å². The van der Waals surface area contributed by atoms with Crippen LogP contribution in [0.15, 0.2) is 24.3 Å². The third-order valence-corrected chi connectivity index (χ3v) is 5.16. The first-order chi connectivity index (χ1) is 12.1. The molecule has 0 bridgehead atoms. The van der Waals surface area contributed by atoms with Gasteiger partial charge in [0.25, 0.3) is 0 Å². The van der Waals surface area contributed by atoms with E-state index in [2.05, 4.69) is 5.32 Å². The summed E-state index contributed by atoms with van der Waals surface area (Å²) in [6.45, 7) is 4.04. The lowest BCUT2D eigenvalue weighted by Crippen LogP contribution is -2.42. The highest BCUT2D eigenvalue weighted by Crippen LogP contribution is 2.26. The van der Waals surface area contributed by atoms with Gasteiger partial charge in [0.2, 0.25) is 11.8 Å². The van der Waals surface area contributed by atoms with Crippen LogP contribution >= 0.6 is 0 Å². The van der Waals surface area contributed by atoms with E-state index < -0.39 is 12.0 Å². The molecular weight excluding hydrogens is 320 g/mol. The zero-order valence-electron chi connectivity index (χ0n) is 14.6. The maximum absolute atomic E-state index is 12.6. The zero-order chi connectivity index (χ0) is 17.8. The molecule has 2 atom stereocenters. The number of nitrogens with zero attached hydrogens (tertiary/aromatic N) is 1. The Bertz CT molecular complexity index is 610. The Balaban J connectivity index is 1.52. The highest BCUT2D eigenvalue weighted by molar-refractivity contribution is 6.09. The molecule has 2 unspecified atom stereocenters. The minimum Gasteiger partial charge on any atom is -0.391 e. The van der Waals surface area contributed by atoms with Gasteiger partial charge >= 0.3 is 0 Å². The normalized spacial score (nSPS) is 22.9. The molecule has 136 valence electrons. The number of amides is 2. The van der Waals surface area contributed by atoms with Crippen molar-refractivity contribution >= 4 is 17.5 Å². The fraction of sp³-hybridized carbons (Fsp3) is 0.579. The van der Waals surface area contributed by atoms with Gasteiger partial charge in [-0.05, 0) is 44.2 Å². The molecule has 6 nitrogen and oxygen atoms in total. The molecular formula is C19H26N2O4. The van der Waals surface area contributed by atoms with Gasteiger partial charge in [-0.1, -0.05) is 17.7 Å². The van der Waals surface area contributed by atoms with Gasteiger partial charge in [-0.15, -0.1) is 0 Å². The molecule has 2 N–H and O–H groups in total. The number of carbonyl (C=O) groups is 2. The molecule has 25 heavy (non-hydrogen) atoms. The molecule has 2 saturated heterocycles. The lowest BCUT2D eigenvalue weighted by atomic mass is 9.94. The summed E-state index contributed by atoms with van der Waals surface area (Å²) >= 11 is 0. The summed E-state index contributed by atoms with van der Waals surface area (Å²) in [4.78, 5) is 26.6. The van der Waals surface area contributed by atoms with Crippen molar-refractivity contribution in [3.63, 3.8) is 0 Å². The van der Waals surface area contributed by atoms with Crippen LogP contribution in [0.5, 0.6) is 0 Å². The number of rotatable bonds is 5. The van der Waals surface area contributed by atoms with E-state index in [1.807, 2.05) is 31.2 Å². The molecule has 2 aliphatic rings. The monoisotopic (exact) mass is 346 g/mol. The number of nitrogens with one attached hydrogen (secondary N) is 1. The third kappa shape index (κ3) is 4.19. The topological polar surface area (TPSA) is 78.9 Å². The summed E-state index contributed by atoms with van der Waals surface area (Å²) < 4.78 is 5.28. The standard InChI is InChI=1S/C19H26N2O4/c1-13-2-4-15(5-3-13)21-9-6-16(19(21)24)18(23)20-12-17(22)14-7-10-25-11-8-14/h2-5,14,16-17,22H,6-12H2,1H3,(H,20,23). The van der Waals surface area contributed by atoms with E-state index >= 15 is 0 Å². The van der Waals surface area contributed by atoms with E-state index in [9.17, 15) is 14.7 Å². The second-order valence-corrected chi connectivity index (χ2v) is 6.93. The molecule has 0 saturated carbocycles. The molecule has 2 amide bonds. The molecule has 0 aliphatic carbocycles. The van der Waals surface area contributed by atoms with Crippen molar-refractivity contribution in [2.45, 2.75) is 32.3 Å². The largest absolute Gasteiger partial charge is 0.391 e. The molecule has 6 heteroatoms. The van der Waals surface area contributed by atoms with Gasteiger partial charge < -0.3 is 20.1 Å². The number of hydrogen-bond donors (Lipinski definition) is 2. The van der Waals surface area contributed by atoms with Crippen molar-refractivity contribution in [1.82, 2.24) is 5.32 Å². The molecule has 2 fully saturated rings. The van der Waals surface area contributed by atoms with E-state index in [-0.39, 0.29) is 24.3 Å². The lowest BCUT2D eigenvalue weighted by molar-refractivity contribution is -0.132. The molecule has 2 heterocycles. The molecule has 0 aromatic heterocycles. The van der Waals surface area contributed by atoms with E-state index in [0.717, 1.165) is 24.1 Å². The van der Waals surface area contributed by atoms with Gasteiger partial charge in [-0.25, -0.2) is 0 Å². The van der Waals surface area contributed by atoms with Crippen LogP contribution in [0.1, 0.15) is 24.8 Å². The van der Waals surface area contributed by atoms with Crippen LogP contribution in [-0.2, 0) is 14.3 Å². The van der Waals surface area contributed by atoms with Crippen molar-refractivity contribution < 1.29 is 19.4 Å². The maximum atomic E-state index is 12.6. The Morgan fingerprint density at radius 3 is 2.64 bits per heavy atom. The summed E-state index contributed by atoms with van der Waals surface area (Å²) in [5.74, 6) is -0.965. The van der Waals surface area contributed by atoms with Gasteiger partial charge in [-0.2, -0.15) is 0 Å². The predicted octanol–water partition coefficient (Wildman–Crippen LogP) is 1.25. The van der Waals surface area contributed by atoms with Crippen molar-refractivity contribution in [3.05, 3.63) is 29.8 Å². The van der Waals surface area contributed by atoms with Crippen LogP contribution in [0.3, 0.4) is 0 Å². The number of aliphatic hydroxyl groups is 1. The van der Waals surface area contributed by atoms with Gasteiger partial charge in [0.05, 0.1) is 6.10 Å². The van der Waals surface area contributed by atoms with Crippen molar-refractivity contribution in [2.75, 3.05) is 31.2 Å². The van der Waals surface area contributed by atoms with Crippen LogP contribution in [0, 0.1) is 18.8 Å². The third-order valence-electron chi connectivity index (χ3n) is 5.16. The summed E-state index contributed by atoms with van der Waals surface area (Å²) in [5, 5.41) is 13.0. The van der Waals surface area contributed by atoms with Crippen LogP contribution in [0.4, 0.5) is 5.69 Å². The molecule has 0 spiro atoms. The number of carbonyl (C=O) groups excluding carboxylic acids is 2. The molecule has 1 aromatic carbocycles. The Hall–Kier alpha value is -1.92. The Labute approximate surface area is 148 Å². The first kappa shape index (κ1) is 17.9. The van der Waals surface area contributed by atoms with Crippen molar-refractivity contribution in [1.29, 1.82) is 0 Å². The van der Waals surface area contributed by atoms with Crippen LogP contribution in [0.25, 0.3) is 0 Å². The SMILES string of the molecule is Cc1ccc(N2CCC(C(=O)NCC(O)C3CCOCC3)C2=O)cc1. The van der Waals surface area contributed by atoms with Gasteiger partial charge in [0, 0.05) is 32.0 Å². The molecule has 1 aromatic rings. The highest BCUT2D eigenvalue weighted by Gasteiger charge is 2.37. The first-order valence-electron chi connectivity index (χ1n) is 8.98. The van der Waals surface area contributed by atoms with E-state index in [4.69, 9.17) is 4.74 Å². The molecule has 3 rings (SSSR count). The summed E-state index contributed by atoms with van der Waals surface area (Å²) in [7, 11) is 0. The van der Waals surface area contributed by atoms with E-state index in [0.29, 0.717) is 26.2 Å². The Morgan fingerprint density at radius 1 is 1.28 bits per heavy atom. The molecule has 2 aliphatic heterocycles. The first-order valence-corrected chi connectivity index (χ1v) is 8.98. The zero-order valence-corrected chi connectivity index (χ0v) is 14.6. The van der Waals surface area contributed by atoms with Crippen molar-refractivity contribution in [3.8, 4) is 0 Å². The van der Waals surface area contributed by atoms with Crippen LogP contribution in [-0.4, -0.2) is 49.3 Å². The fourth-order valence-corrected chi connectivity index (χ4v) is 3.50. The predicted molar refractivity (Wildman–Crippen MR) is 94.2 cm³/mol. The number of aryl methyl sites for hydroxylation is 1. The second kappa shape index (κ2) is 7.97. The van der Waals surface area contributed by atoms with Crippen LogP contribution < -0.4 is 10.2 Å². The maximum Gasteiger partial charge on any atom is 0.239 e. The minimum atomic E-state index is -0.664. The van der Waals surface area contributed by atoms with Crippen molar-refractivity contribution in [2.24, 2.45) is 11.8 Å². The van der Waals surface area contributed by atoms with Gasteiger partial charge in [0.1, 0.15) is 5.92 Å². The molecule has 0 radical (unpaired) electrons. The Kier molecular flexibility index (Phi) is 5.71.